The van der Waals surface area contributed by atoms with Crippen molar-refractivity contribution in [3.05, 3.63) is 40.3 Å². The number of rotatable bonds is 4. The molecule has 19 heavy (non-hydrogen) atoms. The van der Waals surface area contributed by atoms with Crippen LogP contribution in [0.4, 0.5) is 11.4 Å². The zero-order valence-corrected chi connectivity index (χ0v) is 11.7. The number of hydrogen-bond acceptors (Lipinski definition) is 5. The fourth-order valence-corrected chi connectivity index (χ4v) is 2.20. The molecule has 0 unspecified atom stereocenters. The fraction of sp³-hybridized carbons (Fsp3) is 0.231. The normalized spacial score (nSPS) is 10.2. The van der Waals surface area contributed by atoms with Crippen molar-refractivity contribution in [2.24, 2.45) is 0 Å². The molecule has 0 saturated carbocycles. The van der Waals surface area contributed by atoms with Gasteiger partial charge in [-0.05, 0) is 18.2 Å². The van der Waals surface area contributed by atoms with Gasteiger partial charge in [-0.15, -0.1) is 11.3 Å². The molecule has 6 heteroatoms. The van der Waals surface area contributed by atoms with Crippen molar-refractivity contribution < 1.29 is 4.79 Å². The molecule has 1 aromatic carbocycles. The van der Waals surface area contributed by atoms with Crippen LogP contribution in [0.15, 0.2) is 29.1 Å². The largest absolute Gasteiger partial charge is 0.399 e. The molecule has 0 aliphatic carbocycles. The summed E-state index contributed by atoms with van der Waals surface area (Å²) in [6, 6.07) is 5.23. The van der Waals surface area contributed by atoms with Gasteiger partial charge in [0.15, 0.2) is 0 Å². The Bertz CT molecular complexity index is 566. The van der Waals surface area contributed by atoms with E-state index in [9.17, 15) is 4.79 Å². The van der Waals surface area contributed by atoms with Gasteiger partial charge in [-0.1, -0.05) is 0 Å². The van der Waals surface area contributed by atoms with Crippen molar-refractivity contribution in [3.63, 3.8) is 0 Å². The minimum absolute atomic E-state index is 0.0548. The second-order valence-corrected chi connectivity index (χ2v) is 5.06. The van der Waals surface area contributed by atoms with Crippen molar-refractivity contribution in [3.8, 4) is 0 Å². The van der Waals surface area contributed by atoms with Gasteiger partial charge in [0.05, 0.1) is 23.3 Å². The number of amides is 1. The quantitative estimate of drug-likeness (QED) is 0.838. The molecule has 0 aliphatic rings. The van der Waals surface area contributed by atoms with E-state index in [2.05, 4.69) is 10.3 Å². The molecule has 100 valence electrons. The van der Waals surface area contributed by atoms with Crippen LogP contribution in [0.3, 0.4) is 0 Å². The molecule has 3 N–H and O–H groups in total. The molecule has 0 atom stereocenters. The summed E-state index contributed by atoms with van der Waals surface area (Å²) in [6.07, 6.45) is 0. The Morgan fingerprint density at radius 2 is 2.26 bits per heavy atom. The second kappa shape index (κ2) is 5.71. The van der Waals surface area contributed by atoms with E-state index < -0.39 is 0 Å². The van der Waals surface area contributed by atoms with E-state index in [0.717, 1.165) is 11.4 Å². The number of anilines is 2. The molecular formula is C13H16N4OS. The Labute approximate surface area is 116 Å². The van der Waals surface area contributed by atoms with Gasteiger partial charge in [0.25, 0.3) is 5.91 Å². The lowest BCUT2D eigenvalue weighted by Crippen LogP contribution is -2.23. The molecule has 0 spiro atoms. The van der Waals surface area contributed by atoms with E-state index in [4.69, 9.17) is 5.73 Å². The molecular weight excluding hydrogens is 260 g/mol. The lowest BCUT2D eigenvalue weighted by Gasteiger charge is -2.15. The number of nitrogen functional groups attached to an aromatic ring is 1. The van der Waals surface area contributed by atoms with E-state index in [1.54, 1.807) is 54.0 Å². The molecule has 2 rings (SSSR count). The molecule has 0 radical (unpaired) electrons. The third kappa shape index (κ3) is 3.23. The first-order valence-electron chi connectivity index (χ1n) is 5.80. The molecule has 0 saturated heterocycles. The topological polar surface area (TPSA) is 71.2 Å². The number of benzene rings is 1. The van der Waals surface area contributed by atoms with E-state index in [1.807, 2.05) is 5.38 Å². The van der Waals surface area contributed by atoms with Gasteiger partial charge in [0.2, 0.25) is 0 Å². The molecule has 0 fully saturated rings. The zero-order valence-electron chi connectivity index (χ0n) is 10.9. The number of carbonyl (C=O) groups excluding carboxylic acids is 1. The van der Waals surface area contributed by atoms with Crippen molar-refractivity contribution in [1.82, 2.24) is 9.88 Å². The molecule has 0 aliphatic heterocycles. The standard InChI is InChI=1S/C13H16N4OS/c1-17(2)13(18)11-4-3-9(14)5-12(11)15-6-10-7-19-8-16-10/h3-5,7-8,15H,6,14H2,1-2H3. The summed E-state index contributed by atoms with van der Waals surface area (Å²) in [5.74, 6) is -0.0548. The average molecular weight is 276 g/mol. The maximum absolute atomic E-state index is 12.1. The zero-order chi connectivity index (χ0) is 13.8. The first-order chi connectivity index (χ1) is 9.08. The summed E-state index contributed by atoms with van der Waals surface area (Å²) >= 11 is 1.54. The van der Waals surface area contributed by atoms with Crippen LogP contribution in [0.1, 0.15) is 16.1 Å². The van der Waals surface area contributed by atoms with Crippen molar-refractivity contribution in [2.75, 3.05) is 25.1 Å². The predicted octanol–water partition coefficient (Wildman–Crippen LogP) is 2.04. The number of aromatic nitrogens is 1. The highest BCUT2D eigenvalue weighted by molar-refractivity contribution is 7.07. The molecule has 2 aromatic rings. The summed E-state index contributed by atoms with van der Waals surface area (Å²) in [6.45, 7) is 0.570. The van der Waals surface area contributed by atoms with Gasteiger partial charge in [-0.2, -0.15) is 0 Å². The van der Waals surface area contributed by atoms with Gasteiger partial charge in [-0.3, -0.25) is 4.79 Å². The average Bonchev–Trinajstić information content (AvgIpc) is 2.88. The summed E-state index contributed by atoms with van der Waals surface area (Å²) in [4.78, 5) is 17.8. The number of carbonyl (C=O) groups is 1. The predicted molar refractivity (Wildman–Crippen MR) is 78.3 cm³/mol. The van der Waals surface area contributed by atoms with Crippen LogP contribution < -0.4 is 11.1 Å². The number of thiazole rings is 1. The van der Waals surface area contributed by atoms with Crippen LogP contribution in [-0.4, -0.2) is 29.9 Å². The van der Waals surface area contributed by atoms with Crippen molar-refractivity contribution in [2.45, 2.75) is 6.54 Å². The Kier molecular flexibility index (Phi) is 4.01. The number of nitrogens with one attached hydrogen (secondary N) is 1. The van der Waals surface area contributed by atoms with Crippen LogP contribution in [-0.2, 0) is 6.54 Å². The summed E-state index contributed by atoms with van der Waals surface area (Å²) < 4.78 is 0. The maximum atomic E-state index is 12.1. The molecule has 1 amide bonds. The molecule has 5 nitrogen and oxygen atoms in total. The molecule has 1 aromatic heterocycles. The van der Waals surface area contributed by atoms with E-state index in [-0.39, 0.29) is 5.91 Å². The first kappa shape index (κ1) is 13.4. The highest BCUT2D eigenvalue weighted by Gasteiger charge is 2.13. The maximum Gasteiger partial charge on any atom is 0.255 e. The SMILES string of the molecule is CN(C)C(=O)c1ccc(N)cc1NCc1cscn1. The van der Waals surface area contributed by atoms with Gasteiger partial charge in [0, 0.05) is 30.9 Å². The highest BCUT2D eigenvalue weighted by Crippen LogP contribution is 2.21. The monoisotopic (exact) mass is 276 g/mol. The smallest absolute Gasteiger partial charge is 0.255 e. The van der Waals surface area contributed by atoms with Gasteiger partial charge in [0.1, 0.15) is 0 Å². The van der Waals surface area contributed by atoms with Gasteiger partial charge < -0.3 is 16.0 Å². The number of nitrogens with zero attached hydrogens (tertiary/aromatic N) is 2. The Morgan fingerprint density at radius 3 is 2.89 bits per heavy atom. The minimum atomic E-state index is -0.0548. The summed E-state index contributed by atoms with van der Waals surface area (Å²) in [5, 5.41) is 5.17. The second-order valence-electron chi connectivity index (χ2n) is 4.34. The lowest BCUT2D eigenvalue weighted by atomic mass is 10.1. The van der Waals surface area contributed by atoms with Crippen LogP contribution in [0, 0.1) is 0 Å². The third-order valence-electron chi connectivity index (χ3n) is 2.62. The van der Waals surface area contributed by atoms with Crippen LogP contribution >= 0.6 is 11.3 Å². The third-order valence-corrected chi connectivity index (χ3v) is 3.26. The van der Waals surface area contributed by atoms with Gasteiger partial charge >= 0.3 is 0 Å². The molecule has 0 bridgehead atoms. The van der Waals surface area contributed by atoms with E-state index >= 15 is 0 Å². The molecule has 1 heterocycles. The number of hydrogen-bond donors (Lipinski definition) is 2. The minimum Gasteiger partial charge on any atom is -0.399 e. The van der Waals surface area contributed by atoms with Crippen LogP contribution in [0.25, 0.3) is 0 Å². The Balaban J connectivity index is 2.22. The van der Waals surface area contributed by atoms with E-state index in [0.29, 0.717) is 17.8 Å². The van der Waals surface area contributed by atoms with E-state index in [1.165, 1.54) is 0 Å². The van der Waals surface area contributed by atoms with Crippen LogP contribution in [0.5, 0.6) is 0 Å². The van der Waals surface area contributed by atoms with Crippen molar-refractivity contribution >= 4 is 28.6 Å². The van der Waals surface area contributed by atoms with Crippen LogP contribution in [0.2, 0.25) is 0 Å². The Morgan fingerprint density at radius 1 is 1.47 bits per heavy atom. The first-order valence-corrected chi connectivity index (χ1v) is 6.74. The number of nitrogens with two attached hydrogens (primary N) is 1. The van der Waals surface area contributed by atoms with Crippen molar-refractivity contribution in [1.29, 1.82) is 0 Å². The highest BCUT2D eigenvalue weighted by atomic mass is 32.1. The lowest BCUT2D eigenvalue weighted by molar-refractivity contribution is 0.0828. The summed E-state index contributed by atoms with van der Waals surface area (Å²) in [5.41, 5.74) is 10.5. The van der Waals surface area contributed by atoms with Gasteiger partial charge in [-0.25, -0.2) is 4.98 Å². The fourth-order valence-electron chi connectivity index (χ4n) is 1.65. The Hall–Kier alpha value is -2.08. The summed E-state index contributed by atoms with van der Waals surface area (Å²) in [7, 11) is 3.45.